The van der Waals surface area contributed by atoms with Crippen molar-refractivity contribution in [2.24, 2.45) is 0 Å². The van der Waals surface area contributed by atoms with Crippen molar-refractivity contribution in [3.8, 4) is 0 Å². The SMILES string of the molecule is Cc1c(S)cccc1C(F)(F)F. The van der Waals surface area contributed by atoms with Gasteiger partial charge in [-0.15, -0.1) is 12.6 Å². The maximum Gasteiger partial charge on any atom is 0.416 e. The normalized spacial score (nSPS) is 11.8. The molecule has 66 valence electrons. The predicted octanol–water partition coefficient (Wildman–Crippen LogP) is 3.30. The Morgan fingerprint density at radius 1 is 1.25 bits per heavy atom. The molecule has 0 atom stereocenters. The molecule has 0 aliphatic heterocycles. The van der Waals surface area contributed by atoms with Crippen LogP contribution in [0.3, 0.4) is 0 Å². The van der Waals surface area contributed by atoms with Crippen molar-refractivity contribution in [3.63, 3.8) is 0 Å². The molecule has 0 unspecified atom stereocenters. The van der Waals surface area contributed by atoms with Gasteiger partial charge >= 0.3 is 6.18 Å². The van der Waals surface area contributed by atoms with Gasteiger partial charge < -0.3 is 0 Å². The largest absolute Gasteiger partial charge is 0.416 e. The van der Waals surface area contributed by atoms with E-state index < -0.39 is 11.7 Å². The topological polar surface area (TPSA) is 0 Å². The summed E-state index contributed by atoms with van der Waals surface area (Å²) in [6.45, 7) is 1.41. The van der Waals surface area contributed by atoms with Crippen LogP contribution in [0.1, 0.15) is 11.1 Å². The van der Waals surface area contributed by atoms with Crippen LogP contribution in [0.2, 0.25) is 0 Å². The lowest BCUT2D eigenvalue weighted by Gasteiger charge is -2.10. The number of alkyl halides is 3. The molecular formula is C8H7F3S. The number of thiol groups is 1. The molecule has 0 aliphatic carbocycles. The zero-order chi connectivity index (χ0) is 9.35. The van der Waals surface area contributed by atoms with Crippen molar-refractivity contribution >= 4 is 12.6 Å². The third kappa shape index (κ3) is 1.75. The highest BCUT2D eigenvalue weighted by atomic mass is 32.1. The van der Waals surface area contributed by atoms with Crippen molar-refractivity contribution < 1.29 is 13.2 Å². The van der Waals surface area contributed by atoms with Gasteiger partial charge in [0.2, 0.25) is 0 Å². The first-order chi connectivity index (χ1) is 5.43. The first-order valence-electron chi connectivity index (χ1n) is 3.28. The Morgan fingerprint density at radius 3 is 2.25 bits per heavy atom. The molecular weight excluding hydrogens is 185 g/mol. The Hall–Kier alpha value is -0.640. The first-order valence-corrected chi connectivity index (χ1v) is 3.73. The van der Waals surface area contributed by atoms with Crippen LogP contribution in [0.15, 0.2) is 23.1 Å². The number of rotatable bonds is 0. The summed E-state index contributed by atoms with van der Waals surface area (Å²) in [7, 11) is 0. The van der Waals surface area contributed by atoms with E-state index in [1.807, 2.05) is 0 Å². The molecule has 0 spiro atoms. The third-order valence-corrected chi connectivity index (χ3v) is 2.10. The zero-order valence-electron chi connectivity index (χ0n) is 6.31. The molecule has 0 radical (unpaired) electrons. The standard InChI is InChI=1S/C8H7F3S/c1-5-6(8(9,10)11)3-2-4-7(5)12/h2-4,12H,1H3. The van der Waals surface area contributed by atoms with Crippen LogP contribution in [0, 0.1) is 6.92 Å². The van der Waals surface area contributed by atoms with Gasteiger partial charge in [-0.25, -0.2) is 0 Å². The van der Waals surface area contributed by atoms with Crippen molar-refractivity contribution in [1.29, 1.82) is 0 Å². The lowest BCUT2D eigenvalue weighted by Crippen LogP contribution is -2.07. The first kappa shape index (κ1) is 9.45. The van der Waals surface area contributed by atoms with Gasteiger partial charge in [-0.1, -0.05) is 6.07 Å². The van der Waals surface area contributed by atoms with Gasteiger partial charge in [-0.2, -0.15) is 13.2 Å². The molecule has 1 aromatic carbocycles. The highest BCUT2D eigenvalue weighted by Gasteiger charge is 2.32. The average Bonchev–Trinajstić information content (AvgIpc) is 1.92. The number of benzene rings is 1. The van der Waals surface area contributed by atoms with E-state index in [2.05, 4.69) is 12.6 Å². The monoisotopic (exact) mass is 192 g/mol. The number of hydrogen-bond donors (Lipinski definition) is 1. The molecule has 12 heavy (non-hydrogen) atoms. The van der Waals surface area contributed by atoms with Crippen molar-refractivity contribution in [2.45, 2.75) is 18.0 Å². The second-order valence-electron chi connectivity index (χ2n) is 2.45. The Bertz CT molecular complexity index is 291. The van der Waals surface area contributed by atoms with Gasteiger partial charge in [-0.05, 0) is 24.6 Å². The highest BCUT2D eigenvalue weighted by molar-refractivity contribution is 7.80. The van der Waals surface area contributed by atoms with E-state index in [4.69, 9.17) is 0 Å². The molecule has 0 nitrogen and oxygen atoms in total. The van der Waals surface area contributed by atoms with E-state index in [-0.39, 0.29) is 5.56 Å². The zero-order valence-corrected chi connectivity index (χ0v) is 7.21. The van der Waals surface area contributed by atoms with Gasteiger partial charge in [0.25, 0.3) is 0 Å². The Kier molecular flexibility index (Phi) is 2.37. The summed E-state index contributed by atoms with van der Waals surface area (Å²) in [5.41, 5.74) is -0.441. The van der Waals surface area contributed by atoms with E-state index >= 15 is 0 Å². The van der Waals surface area contributed by atoms with E-state index in [1.54, 1.807) is 0 Å². The lowest BCUT2D eigenvalue weighted by atomic mass is 10.1. The minimum atomic E-state index is -4.27. The van der Waals surface area contributed by atoms with Gasteiger partial charge in [0.1, 0.15) is 0 Å². The molecule has 0 amide bonds. The summed E-state index contributed by atoms with van der Waals surface area (Å²) in [6, 6.07) is 3.93. The van der Waals surface area contributed by atoms with Crippen LogP contribution in [0.4, 0.5) is 13.2 Å². The number of hydrogen-bond acceptors (Lipinski definition) is 1. The van der Waals surface area contributed by atoms with E-state index in [1.165, 1.54) is 19.1 Å². The van der Waals surface area contributed by atoms with Crippen LogP contribution >= 0.6 is 12.6 Å². The molecule has 0 aliphatic rings. The Balaban J connectivity index is 3.26. The van der Waals surface area contributed by atoms with Gasteiger partial charge in [0, 0.05) is 4.90 Å². The molecule has 0 bridgehead atoms. The van der Waals surface area contributed by atoms with Crippen LogP contribution in [-0.2, 0) is 6.18 Å². The molecule has 1 aromatic rings. The van der Waals surface area contributed by atoms with Gasteiger partial charge in [0.15, 0.2) is 0 Å². The minimum Gasteiger partial charge on any atom is -0.166 e. The molecule has 0 saturated carbocycles. The fourth-order valence-corrected chi connectivity index (χ4v) is 1.14. The summed E-state index contributed by atoms with van der Waals surface area (Å²) in [4.78, 5) is 0.366. The van der Waals surface area contributed by atoms with Crippen LogP contribution < -0.4 is 0 Å². The summed E-state index contributed by atoms with van der Waals surface area (Å²) in [5.74, 6) is 0. The molecule has 1 rings (SSSR count). The summed E-state index contributed by atoms with van der Waals surface area (Å²) in [6.07, 6.45) is -4.27. The Labute approximate surface area is 73.8 Å². The number of halogens is 3. The molecule has 0 saturated heterocycles. The summed E-state index contributed by atoms with van der Waals surface area (Å²) >= 11 is 3.90. The van der Waals surface area contributed by atoms with Crippen molar-refractivity contribution in [2.75, 3.05) is 0 Å². The molecule has 0 heterocycles. The predicted molar refractivity (Wildman–Crippen MR) is 43.4 cm³/mol. The minimum absolute atomic E-state index is 0.174. The van der Waals surface area contributed by atoms with Gasteiger partial charge in [-0.3, -0.25) is 0 Å². The fourth-order valence-electron chi connectivity index (χ4n) is 0.931. The van der Waals surface area contributed by atoms with E-state index in [0.717, 1.165) is 6.07 Å². The van der Waals surface area contributed by atoms with Crippen LogP contribution in [0.5, 0.6) is 0 Å². The fraction of sp³-hybridized carbons (Fsp3) is 0.250. The van der Waals surface area contributed by atoms with E-state index in [9.17, 15) is 13.2 Å². The smallest absolute Gasteiger partial charge is 0.166 e. The molecule has 4 heteroatoms. The van der Waals surface area contributed by atoms with Crippen molar-refractivity contribution in [3.05, 3.63) is 29.3 Å². The second-order valence-corrected chi connectivity index (χ2v) is 2.93. The summed E-state index contributed by atoms with van der Waals surface area (Å²) < 4.78 is 36.6. The molecule has 0 fully saturated rings. The highest BCUT2D eigenvalue weighted by Crippen LogP contribution is 2.33. The molecule has 0 aromatic heterocycles. The molecule has 0 N–H and O–H groups in total. The summed E-state index contributed by atoms with van der Waals surface area (Å²) in [5, 5.41) is 0. The van der Waals surface area contributed by atoms with Crippen LogP contribution in [0.25, 0.3) is 0 Å². The Morgan fingerprint density at radius 2 is 1.83 bits per heavy atom. The second kappa shape index (κ2) is 3.01. The lowest BCUT2D eigenvalue weighted by molar-refractivity contribution is -0.138. The quantitative estimate of drug-likeness (QED) is 0.599. The van der Waals surface area contributed by atoms with E-state index in [0.29, 0.717) is 4.90 Å². The van der Waals surface area contributed by atoms with Gasteiger partial charge in [0.05, 0.1) is 5.56 Å². The maximum atomic E-state index is 12.2. The van der Waals surface area contributed by atoms with Crippen LogP contribution in [-0.4, -0.2) is 0 Å². The third-order valence-electron chi connectivity index (χ3n) is 1.61. The van der Waals surface area contributed by atoms with Crippen molar-refractivity contribution in [1.82, 2.24) is 0 Å². The maximum absolute atomic E-state index is 12.2. The average molecular weight is 192 g/mol.